The number of nitrogens with zero attached hydrogens (tertiary/aromatic N) is 1. The van der Waals surface area contributed by atoms with E-state index >= 15 is 0 Å². The van der Waals surface area contributed by atoms with E-state index in [1.807, 2.05) is 0 Å². The summed E-state index contributed by atoms with van der Waals surface area (Å²) in [6, 6.07) is 0. The molecule has 1 fully saturated rings. The zero-order valence-corrected chi connectivity index (χ0v) is 6.97. The highest BCUT2D eigenvalue weighted by Crippen LogP contribution is 2.04. The van der Waals surface area contributed by atoms with Gasteiger partial charge < -0.3 is 9.64 Å². The molecular weight excluding hydrogens is 138 g/mol. The van der Waals surface area contributed by atoms with Crippen molar-refractivity contribution in [2.45, 2.75) is 33.8 Å². The van der Waals surface area contributed by atoms with Crippen molar-refractivity contribution in [1.29, 1.82) is 0 Å². The fourth-order valence-electron chi connectivity index (χ4n) is 1.26. The van der Waals surface area contributed by atoms with Crippen LogP contribution in [0.1, 0.15) is 27.7 Å². The summed E-state index contributed by atoms with van der Waals surface area (Å²) >= 11 is 0. The summed E-state index contributed by atoms with van der Waals surface area (Å²) in [7, 11) is 0. The van der Waals surface area contributed by atoms with Gasteiger partial charge in [0.2, 0.25) is 0 Å². The van der Waals surface area contributed by atoms with Crippen molar-refractivity contribution in [2.24, 2.45) is 0 Å². The second-order valence-corrected chi connectivity index (χ2v) is 2.90. The molecule has 0 aromatic heterocycles. The summed E-state index contributed by atoms with van der Waals surface area (Å²) in [5.74, 6) is 0. The summed E-state index contributed by atoms with van der Waals surface area (Å²) in [4.78, 5) is 2.43. The zero-order chi connectivity index (χ0) is 7.40. The van der Waals surface area contributed by atoms with Gasteiger partial charge in [0.25, 0.3) is 0 Å². The predicted octanol–water partition coefficient (Wildman–Crippen LogP) is 1.75. The molecule has 11 heavy (non-hydrogen) atoms. The Balaban J connectivity index is 0.000001000. The molecule has 0 aromatic rings. The lowest BCUT2D eigenvalue weighted by molar-refractivity contribution is 0.0753. The molecule has 1 saturated heterocycles. The first-order valence-electron chi connectivity index (χ1n) is 4.17. The molecule has 0 spiro atoms. The first kappa shape index (κ1) is 10.9. The lowest BCUT2D eigenvalue weighted by atomic mass is 10.3. The maximum absolute atomic E-state index is 5.49. The van der Waals surface area contributed by atoms with Gasteiger partial charge in [0.15, 0.2) is 0 Å². The molecule has 68 valence electrons. The van der Waals surface area contributed by atoms with E-state index in [1.165, 1.54) is 13.0 Å². The van der Waals surface area contributed by atoms with Crippen molar-refractivity contribution in [1.82, 2.24) is 4.90 Å². The van der Waals surface area contributed by atoms with Gasteiger partial charge in [-0.2, -0.15) is 0 Å². The van der Waals surface area contributed by atoms with E-state index in [2.05, 4.69) is 18.7 Å². The van der Waals surface area contributed by atoms with Crippen molar-refractivity contribution in [3.63, 3.8) is 0 Å². The van der Waals surface area contributed by atoms with Crippen LogP contribution in [0, 0.1) is 0 Å². The highest BCUT2D eigenvalue weighted by atomic mass is 16.5. The molecule has 1 aliphatic heterocycles. The topological polar surface area (TPSA) is 12.5 Å². The van der Waals surface area contributed by atoms with Crippen molar-refractivity contribution >= 4 is 0 Å². The number of rotatable bonds is 1. The summed E-state index contributed by atoms with van der Waals surface area (Å²) in [5.41, 5.74) is 0. The minimum Gasteiger partial charge on any atom is -0.377 e. The van der Waals surface area contributed by atoms with Crippen LogP contribution < -0.4 is 0 Å². The van der Waals surface area contributed by atoms with E-state index in [0.717, 1.165) is 19.7 Å². The van der Waals surface area contributed by atoms with Gasteiger partial charge in [-0.05, 0) is 19.9 Å². The first-order chi connectivity index (χ1) is 4.83. The van der Waals surface area contributed by atoms with E-state index in [9.17, 15) is 0 Å². The Kier molecular flexibility index (Phi) is 5.51. The van der Waals surface area contributed by atoms with Gasteiger partial charge in [0.1, 0.15) is 0 Å². The summed E-state index contributed by atoms with van der Waals surface area (Å²) in [6.07, 6.45) is 1.66. The molecule has 1 aliphatic rings. The molecule has 0 radical (unpaired) electrons. The molecule has 1 rings (SSSR count). The average molecular weight is 159 g/mol. The molecular formula is C9H21NO. The SMILES string of the molecule is C.CCN1CCOC(C)CC1. The van der Waals surface area contributed by atoms with Crippen molar-refractivity contribution in [3.05, 3.63) is 0 Å². The van der Waals surface area contributed by atoms with Gasteiger partial charge in [-0.25, -0.2) is 0 Å². The normalized spacial score (nSPS) is 27.3. The Bertz CT molecular complexity index is 95.6. The molecule has 0 bridgehead atoms. The van der Waals surface area contributed by atoms with Gasteiger partial charge in [0, 0.05) is 13.1 Å². The fraction of sp³-hybridized carbons (Fsp3) is 1.00. The summed E-state index contributed by atoms with van der Waals surface area (Å²) < 4.78 is 5.49. The average Bonchev–Trinajstić information content (AvgIpc) is 2.14. The summed E-state index contributed by atoms with van der Waals surface area (Å²) in [6.45, 7) is 8.75. The number of hydrogen-bond donors (Lipinski definition) is 0. The quantitative estimate of drug-likeness (QED) is 0.578. The van der Waals surface area contributed by atoms with Crippen LogP contribution in [0.4, 0.5) is 0 Å². The van der Waals surface area contributed by atoms with E-state index in [-0.39, 0.29) is 7.43 Å². The fourth-order valence-corrected chi connectivity index (χ4v) is 1.26. The Morgan fingerprint density at radius 1 is 1.45 bits per heavy atom. The van der Waals surface area contributed by atoms with Crippen LogP contribution in [0.3, 0.4) is 0 Å². The van der Waals surface area contributed by atoms with Crippen LogP contribution in [-0.4, -0.2) is 37.2 Å². The lowest BCUT2D eigenvalue weighted by Gasteiger charge is -2.15. The zero-order valence-electron chi connectivity index (χ0n) is 6.97. The van der Waals surface area contributed by atoms with Crippen LogP contribution in [0.5, 0.6) is 0 Å². The molecule has 1 atom stereocenters. The van der Waals surface area contributed by atoms with Crippen LogP contribution in [0.2, 0.25) is 0 Å². The van der Waals surface area contributed by atoms with Crippen molar-refractivity contribution < 1.29 is 4.74 Å². The second-order valence-electron chi connectivity index (χ2n) is 2.90. The maximum Gasteiger partial charge on any atom is 0.0597 e. The van der Waals surface area contributed by atoms with Gasteiger partial charge in [0.05, 0.1) is 12.7 Å². The lowest BCUT2D eigenvalue weighted by Crippen LogP contribution is -2.25. The molecule has 1 heterocycles. The van der Waals surface area contributed by atoms with E-state index < -0.39 is 0 Å². The number of hydrogen-bond acceptors (Lipinski definition) is 2. The third kappa shape index (κ3) is 3.73. The van der Waals surface area contributed by atoms with E-state index in [1.54, 1.807) is 0 Å². The van der Waals surface area contributed by atoms with Crippen molar-refractivity contribution in [2.75, 3.05) is 26.2 Å². The minimum atomic E-state index is 0. The second kappa shape index (κ2) is 5.56. The predicted molar refractivity (Wildman–Crippen MR) is 48.9 cm³/mol. The van der Waals surface area contributed by atoms with Gasteiger partial charge in [-0.15, -0.1) is 0 Å². The minimum absolute atomic E-state index is 0. The molecule has 2 nitrogen and oxygen atoms in total. The van der Waals surface area contributed by atoms with Crippen LogP contribution >= 0.6 is 0 Å². The molecule has 2 heteroatoms. The van der Waals surface area contributed by atoms with Crippen LogP contribution in [-0.2, 0) is 4.74 Å². The highest BCUT2D eigenvalue weighted by Gasteiger charge is 2.11. The van der Waals surface area contributed by atoms with Gasteiger partial charge >= 0.3 is 0 Å². The molecule has 0 aliphatic carbocycles. The Hall–Kier alpha value is -0.0800. The first-order valence-corrected chi connectivity index (χ1v) is 4.17. The third-order valence-corrected chi connectivity index (χ3v) is 2.11. The number of ether oxygens (including phenoxy) is 1. The molecule has 0 saturated carbocycles. The molecule has 1 unspecified atom stereocenters. The third-order valence-electron chi connectivity index (χ3n) is 2.11. The van der Waals surface area contributed by atoms with E-state index in [4.69, 9.17) is 4.74 Å². The largest absolute Gasteiger partial charge is 0.377 e. The van der Waals surface area contributed by atoms with Crippen LogP contribution in [0.15, 0.2) is 0 Å². The smallest absolute Gasteiger partial charge is 0.0597 e. The monoisotopic (exact) mass is 159 g/mol. The maximum atomic E-state index is 5.49. The summed E-state index contributed by atoms with van der Waals surface area (Å²) in [5, 5.41) is 0. The number of likely N-dealkylation sites (N-methyl/N-ethyl adjacent to an activating group) is 1. The van der Waals surface area contributed by atoms with E-state index in [0.29, 0.717) is 6.10 Å². The standard InChI is InChI=1S/C8H17NO.CH4/c1-3-9-5-4-8(2)10-7-6-9;/h8H,3-7H2,1-2H3;1H4. The van der Waals surface area contributed by atoms with Crippen molar-refractivity contribution in [3.8, 4) is 0 Å². The molecule has 0 N–H and O–H groups in total. The van der Waals surface area contributed by atoms with Crippen LogP contribution in [0.25, 0.3) is 0 Å². The van der Waals surface area contributed by atoms with Gasteiger partial charge in [-0.1, -0.05) is 14.4 Å². The Labute approximate surface area is 70.5 Å². The highest BCUT2D eigenvalue weighted by molar-refractivity contribution is 4.63. The Morgan fingerprint density at radius 3 is 2.82 bits per heavy atom. The molecule has 0 amide bonds. The Morgan fingerprint density at radius 2 is 2.18 bits per heavy atom. The van der Waals surface area contributed by atoms with Gasteiger partial charge in [-0.3, -0.25) is 0 Å². The molecule has 0 aromatic carbocycles.